The fraction of sp³-hybridized carbons (Fsp3) is 0.636. The van der Waals surface area contributed by atoms with Crippen LogP contribution in [-0.4, -0.2) is 33.7 Å². The van der Waals surface area contributed by atoms with Crippen molar-refractivity contribution in [1.82, 2.24) is 10.1 Å². The molecule has 5 nitrogen and oxygen atoms in total. The van der Waals surface area contributed by atoms with Crippen LogP contribution in [0.5, 0.6) is 0 Å². The van der Waals surface area contributed by atoms with E-state index >= 15 is 0 Å². The van der Waals surface area contributed by atoms with Crippen molar-refractivity contribution in [2.75, 3.05) is 7.05 Å². The maximum atomic E-state index is 11.1. The van der Waals surface area contributed by atoms with Gasteiger partial charge in [-0.05, 0) is 34.7 Å². The molecular weight excluding hydrogens is 208 g/mol. The lowest BCUT2D eigenvalue weighted by molar-refractivity contribution is -0.148. The first-order chi connectivity index (χ1) is 7.26. The third-order valence-corrected chi connectivity index (χ3v) is 3.05. The van der Waals surface area contributed by atoms with Gasteiger partial charge in [-0.25, -0.2) is 0 Å². The van der Waals surface area contributed by atoms with Gasteiger partial charge in [0.05, 0.1) is 5.69 Å². The van der Waals surface area contributed by atoms with Crippen molar-refractivity contribution >= 4 is 5.97 Å². The minimum absolute atomic E-state index is 0.514. The summed E-state index contributed by atoms with van der Waals surface area (Å²) in [6, 6.07) is 0. The second-order valence-corrected chi connectivity index (χ2v) is 4.52. The minimum Gasteiger partial charge on any atom is -0.480 e. The van der Waals surface area contributed by atoms with Gasteiger partial charge in [-0.2, -0.15) is 0 Å². The van der Waals surface area contributed by atoms with Crippen LogP contribution in [0.1, 0.15) is 30.9 Å². The predicted octanol–water partition coefficient (Wildman–Crippen LogP) is 1.59. The van der Waals surface area contributed by atoms with Crippen LogP contribution in [0.15, 0.2) is 4.52 Å². The fourth-order valence-corrected chi connectivity index (χ4v) is 1.33. The average Bonchev–Trinajstić information content (AvgIpc) is 2.49. The Labute approximate surface area is 95.0 Å². The molecule has 0 fully saturated rings. The molecule has 1 aromatic rings. The van der Waals surface area contributed by atoms with Gasteiger partial charge in [0.2, 0.25) is 0 Å². The number of hydrogen-bond acceptors (Lipinski definition) is 4. The van der Waals surface area contributed by atoms with Crippen molar-refractivity contribution in [3.8, 4) is 0 Å². The summed E-state index contributed by atoms with van der Waals surface area (Å²) in [5.74, 6) is -0.104. The number of rotatable bonds is 4. The third kappa shape index (κ3) is 2.24. The second kappa shape index (κ2) is 4.25. The molecular formula is C11H18N2O3. The van der Waals surface area contributed by atoms with Gasteiger partial charge in [0.25, 0.3) is 0 Å². The number of aromatic nitrogens is 1. The van der Waals surface area contributed by atoms with E-state index in [2.05, 4.69) is 5.16 Å². The molecule has 1 aromatic heterocycles. The predicted molar refractivity (Wildman–Crippen MR) is 59.2 cm³/mol. The van der Waals surface area contributed by atoms with Crippen molar-refractivity contribution in [1.29, 1.82) is 0 Å². The number of carboxylic acid groups (broad SMARTS) is 1. The zero-order valence-corrected chi connectivity index (χ0v) is 10.4. The lowest BCUT2D eigenvalue weighted by atomic mass is 10.0. The summed E-state index contributed by atoms with van der Waals surface area (Å²) in [7, 11) is 1.78. The molecule has 0 saturated carbocycles. The molecule has 0 aromatic carbocycles. The number of aliphatic carboxylic acids is 1. The van der Waals surface area contributed by atoms with E-state index < -0.39 is 11.5 Å². The van der Waals surface area contributed by atoms with Gasteiger partial charge in [-0.1, -0.05) is 5.16 Å². The highest BCUT2D eigenvalue weighted by molar-refractivity contribution is 5.77. The zero-order chi connectivity index (χ0) is 12.5. The first kappa shape index (κ1) is 12.7. The van der Waals surface area contributed by atoms with Crippen LogP contribution in [0.25, 0.3) is 0 Å². The smallest absolute Gasteiger partial charge is 0.323 e. The van der Waals surface area contributed by atoms with Crippen molar-refractivity contribution < 1.29 is 14.4 Å². The molecule has 0 unspecified atom stereocenters. The van der Waals surface area contributed by atoms with E-state index in [0.29, 0.717) is 6.54 Å². The Bertz CT molecular complexity index is 376. The quantitative estimate of drug-likeness (QED) is 0.844. The fourth-order valence-electron chi connectivity index (χ4n) is 1.33. The Balaban J connectivity index is 2.87. The molecule has 5 heteroatoms. The lowest BCUT2D eigenvalue weighted by Crippen LogP contribution is -2.47. The van der Waals surface area contributed by atoms with Gasteiger partial charge in [0.1, 0.15) is 11.3 Å². The van der Waals surface area contributed by atoms with Gasteiger partial charge in [-0.15, -0.1) is 0 Å². The molecule has 0 amide bonds. The largest absolute Gasteiger partial charge is 0.480 e. The number of likely N-dealkylation sites (N-methyl/N-ethyl adjacent to an activating group) is 1. The molecule has 1 heterocycles. The van der Waals surface area contributed by atoms with E-state index in [1.54, 1.807) is 25.8 Å². The van der Waals surface area contributed by atoms with E-state index in [1.165, 1.54) is 0 Å². The zero-order valence-electron chi connectivity index (χ0n) is 10.4. The van der Waals surface area contributed by atoms with E-state index in [-0.39, 0.29) is 0 Å². The molecule has 1 N–H and O–H groups in total. The molecule has 0 saturated heterocycles. The normalized spacial score (nSPS) is 12.1. The van der Waals surface area contributed by atoms with Gasteiger partial charge >= 0.3 is 5.97 Å². The van der Waals surface area contributed by atoms with Crippen LogP contribution in [0, 0.1) is 13.8 Å². The van der Waals surface area contributed by atoms with Gasteiger partial charge in [-0.3, -0.25) is 9.69 Å². The molecule has 16 heavy (non-hydrogen) atoms. The maximum Gasteiger partial charge on any atom is 0.323 e. The molecule has 0 aliphatic carbocycles. The summed E-state index contributed by atoms with van der Waals surface area (Å²) < 4.78 is 5.05. The number of nitrogens with zero attached hydrogens (tertiary/aromatic N) is 2. The molecule has 90 valence electrons. The summed E-state index contributed by atoms with van der Waals surface area (Å²) in [5.41, 5.74) is 0.859. The molecule has 0 spiro atoms. The Morgan fingerprint density at radius 2 is 2.06 bits per heavy atom. The van der Waals surface area contributed by atoms with Crippen LogP contribution in [0.4, 0.5) is 0 Å². The van der Waals surface area contributed by atoms with Crippen LogP contribution in [0.2, 0.25) is 0 Å². The van der Waals surface area contributed by atoms with Gasteiger partial charge in [0.15, 0.2) is 0 Å². The first-order valence-electron chi connectivity index (χ1n) is 5.13. The number of carboxylic acids is 1. The monoisotopic (exact) mass is 226 g/mol. The summed E-state index contributed by atoms with van der Waals surface area (Å²) >= 11 is 0. The second-order valence-electron chi connectivity index (χ2n) is 4.52. The topological polar surface area (TPSA) is 66.6 Å². The highest BCUT2D eigenvalue weighted by Crippen LogP contribution is 2.20. The van der Waals surface area contributed by atoms with Crippen molar-refractivity contribution in [3.63, 3.8) is 0 Å². The van der Waals surface area contributed by atoms with Crippen molar-refractivity contribution in [2.45, 2.75) is 39.8 Å². The van der Waals surface area contributed by atoms with Gasteiger partial charge in [0, 0.05) is 12.1 Å². The average molecular weight is 226 g/mol. The molecule has 1 rings (SSSR count). The van der Waals surface area contributed by atoms with E-state index in [4.69, 9.17) is 9.63 Å². The van der Waals surface area contributed by atoms with Crippen LogP contribution >= 0.6 is 0 Å². The van der Waals surface area contributed by atoms with E-state index in [1.807, 2.05) is 13.8 Å². The van der Waals surface area contributed by atoms with Crippen LogP contribution < -0.4 is 0 Å². The summed E-state index contributed by atoms with van der Waals surface area (Å²) in [5, 5.41) is 12.9. The summed E-state index contributed by atoms with van der Waals surface area (Å²) in [6.07, 6.45) is 0. The summed E-state index contributed by atoms with van der Waals surface area (Å²) in [6.45, 7) is 7.55. The Kier molecular flexibility index (Phi) is 3.38. The van der Waals surface area contributed by atoms with Gasteiger partial charge < -0.3 is 9.63 Å². The Morgan fingerprint density at radius 1 is 1.50 bits per heavy atom. The van der Waals surface area contributed by atoms with E-state index in [0.717, 1.165) is 17.0 Å². The molecule has 0 radical (unpaired) electrons. The van der Waals surface area contributed by atoms with E-state index in [9.17, 15) is 4.79 Å². The number of carbonyl (C=O) groups is 1. The number of aryl methyl sites for hydroxylation is 2. The molecule has 0 bridgehead atoms. The minimum atomic E-state index is -0.907. The SMILES string of the molecule is Cc1noc(C)c1CN(C)C(C)(C)C(=O)O. The summed E-state index contributed by atoms with van der Waals surface area (Å²) in [4.78, 5) is 12.8. The van der Waals surface area contributed by atoms with Crippen LogP contribution in [-0.2, 0) is 11.3 Å². The van der Waals surface area contributed by atoms with Crippen LogP contribution in [0.3, 0.4) is 0 Å². The lowest BCUT2D eigenvalue weighted by Gasteiger charge is -2.31. The molecule has 0 aliphatic heterocycles. The Hall–Kier alpha value is -1.36. The maximum absolute atomic E-state index is 11.1. The third-order valence-electron chi connectivity index (χ3n) is 3.05. The molecule has 0 aliphatic rings. The standard InChI is InChI=1S/C11H18N2O3/c1-7-9(8(2)16-12-7)6-13(5)11(3,4)10(14)15/h6H2,1-5H3,(H,14,15). The Morgan fingerprint density at radius 3 is 2.44 bits per heavy atom. The molecule has 0 atom stereocenters. The number of hydrogen-bond donors (Lipinski definition) is 1. The first-order valence-corrected chi connectivity index (χ1v) is 5.13. The highest BCUT2D eigenvalue weighted by Gasteiger charge is 2.32. The highest BCUT2D eigenvalue weighted by atomic mass is 16.5. The van der Waals surface area contributed by atoms with Crippen molar-refractivity contribution in [2.24, 2.45) is 0 Å². The van der Waals surface area contributed by atoms with Crippen molar-refractivity contribution in [3.05, 3.63) is 17.0 Å².